The predicted molar refractivity (Wildman–Crippen MR) is 106 cm³/mol. The Labute approximate surface area is 162 Å². The highest BCUT2D eigenvalue weighted by Crippen LogP contribution is 2.25. The fourth-order valence-corrected chi connectivity index (χ4v) is 5.40. The Bertz CT molecular complexity index is 767. The Morgan fingerprint density at radius 1 is 1.07 bits per heavy atom. The summed E-state index contributed by atoms with van der Waals surface area (Å²) in [5.41, 5.74) is 1.19. The van der Waals surface area contributed by atoms with E-state index < -0.39 is 10.0 Å². The van der Waals surface area contributed by atoms with E-state index in [2.05, 4.69) is 15.5 Å². The van der Waals surface area contributed by atoms with Crippen LogP contribution in [0.25, 0.3) is 0 Å². The predicted octanol–water partition coefficient (Wildman–Crippen LogP) is 2.39. The minimum absolute atomic E-state index is 0.206. The number of amides is 2. The first kappa shape index (κ1) is 20.1. The molecule has 0 bridgehead atoms. The van der Waals surface area contributed by atoms with E-state index in [0.717, 1.165) is 38.8 Å². The van der Waals surface area contributed by atoms with E-state index in [-0.39, 0.29) is 17.0 Å². The minimum atomic E-state index is -3.57. The van der Waals surface area contributed by atoms with E-state index in [1.165, 1.54) is 10.7 Å². The maximum Gasteiger partial charge on any atom is 0.319 e. The number of nitrogens with zero attached hydrogens (tertiary/aromatic N) is 2. The van der Waals surface area contributed by atoms with Crippen molar-refractivity contribution in [1.29, 1.82) is 0 Å². The summed E-state index contributed by atoms with van der Waals surface area (Å²) in [4.78, 5) is 14.7. The van der Waals surface area contributed by atoms with Gasteiger partial charge in [0.05, 0.1) is 4.90 Å². The summed E-state index contributed by atoms with van der Waals surface area (Å²) in [7, 11) is -1.58. The van der Waals surface area contributed by atoms with Crippen LogP contribution in [0.15, 0.2) is 23.1 Å². The highest BCUT2D eigenvalue weighted by atomic mass is 32.2. The van der Waals surface area contributed by atoms with Crippen molar-refractivity contribution in [2.75, 3.05) is 38.5 Å². The van der Waals surface area contributed by atoms with Gasteiger partial charge in [-0.3, -0.25) is 0 Å². The van der Waals surface area contributed by atoms with E-state index in [4.69, 9.17) is 0 Å². The van der Waals surface area contributed by atoms with Crippen LogP contribution in [0.1, 0.15) is 37.7 Å². The van der Waals surface area contributed by atoms with E-state index in [1.807, 2.05) is 7.05 Å². The van der Waals surface area contributed by atoms with Crippen LogP contribution in [0.2, 0.25) is 0 Å². The van der Waals surface area contributed by atoms with Crippen LogP contribution in [0.4, 0.5) is 10.5 Å². The topological polar surface area (TPSA) is 81.8 Å². The van der Waals surface area contributed by atoms with E-state index in [0.29, 0.717) is 24.3 Å². The van der Waals surface area contributed by atoms with Crippen molar-refractivity contribution >= 4 is 21.7 Å². The smallest absolute Gasteiger partial charge is 0.319 e. The maximum atomic E-state index is 13.0. The Balaban J connectivity index is 1.70. The van der Waals surface area contributed by atoms with Crippen LogP contribution in [0, 0.1) is 6.92 Å². The summed E-state index contributed by atoms with van der Waals surface area (Å²) in [6.07, 6.45) is 5.52. The quantitative estimate of drug-likeness (QED) is 0.822. The average molecular weight is 395 g/mol. The number of likely N-dealkylation sites (N-methyl/N-ethyl adjacent to an activating group) is 1. The molecule has 1 saturated carbocycles. The molecule has 2 fully saturated rings. The lowest BCUT2D eigenvalue weighted by Gasteiger charge is -2.32. The molecule has 1 aromatic rings. The van der Waals surface area contributed by atoms with Gasteiger partial charge in [0, 0.05) is 37.9 Å². The molecular weight excluding hydrogens is 364 g/mol. The summed E-state index contributed by atoms with van der Waals surface area (Å²) in [6, 6.07) is 5.01. The Hall–Kier alpha value is -1.64. The van der Waals surface area contributed by atoms with Crippen molar-refractivity contribution < 1.29 is 13.2 Å². The number of urea groups is 1. The molecule has 1 heterocycles. The number of benzene rings is 1. The molecule has 1 aliphatic heterocycles. The summed E-state index contributed by atoms with van der Waals surface area (Å²) in [5, 5.41) is 5.79. The molecule has 1 saturated heterocycles. The third kappa shape index (κ3) is 5.00. The number of hydrogen-bond acceptors (Lipinski definition) is 4. The summed E-state index contributed by atoms with van der Waals surface area (Å²) in [5.74, 6) is 0. The molecule has 0 atom stereocenters. The van der Waals surface area contributed by atoms with Gasteiger partial charge < -0.3 is 15.5 Å². The number of rotatable bonds is 4. The van der Waals surface area contributed by atoms with Gasteiger partial charge in [-0.25, -0.2) is 13.2 Å². The van der Waals surface area contributed by atoms with Gasteiger partial charge in [0.15, 0.2) is 0 Å². The zero-order valence-corrected chi connectivity index (χ0v) is 17.0. The molecule has 0 radical (unpaired) electrons. The number of nitrogens with one attached hydrogen (secondary N) is 2. The summed E-state index contributed by atoms with van der Waals surface area (Å²) >= 11 is 0. The zero-order valence-electron chi connectivity index (χ0n) is 16.2. The third-order valence-electron chi connectivity index (χ3n) is 5.47. The standard InChI is InChI=1S/C19H30N4O3S/c1-15-8-9-17(21-19(24)20-16-6-4-3-5-7-16)14-18(15)27(25,26)23-12-10-22(2)11-13-23/h8-9,14,16H,3-7,10-13H2,1-2H3,(H2,20,21,24). The molecule has 27 heavy (non-hydrogen) atoms. The van der Waals surface area contributed by atoms with Crippen LogP contribution in [0.5, 0.6) is 0 Å². The number of hydrogen-bond donors (Lipinski definition) is 2. The monoisotopic (exact) mass is 394 g/mol. The van der Waals surface area contributed by atoms with Crippen LogP contribution >= 0.6 is 0 Å². The van der Waals surface area contributed by atoms with Gasteiger partial charge in [-0.1, -0.05) is 25.3 Å². The fraction of sp³-hybridized carbons (Fsp3) is 0.632. The molecule has 2 N–H and O–H groups in total. The summed E-state index contributed by atoms with van der Waals surface area (Å²) < 4.78 is 27.6. The van der Waals surface area contributed by atoms with Crippen molar-refractivity contribution in [3.05, 3.63) is 23.8 Å². The first-order valence-electron chi connectivity index (χ1n) is 9.73. The molecule has 7 nitrogen and oxygen atoms in total. The SMILES string of the molecule is Cc1ccc(NC(=O)NC2CCCCC2)cc1S(=O)(=O)N1CCN(C)CC1. The Morgan fingerprint density at radius 3 is 2.41 bits per heavy atom. The molecule has 2 aliphatic rings. The number of piperazine rings is 1. The van der Waals surface area contributed by atoms with Crippen molar-refractivity contribution in [3.63, 3.8) is 0 Å². The van der Waals surface area contributed by atoms with Crippen LogP contribution < -0.4 is 10.6 Å². The second-order valence-corrected chi connectivity index (χ2v) is 9.53. The fourth-order valence-electron chi connectivity index (χ4n) is 3.72. The van der Waals surface area contributed by atoms with Gasteiger partial charge >= 0.3 is 6.03 Å². The first-order chi connectivity index (χ1) is 12.9. The van der Waals surface area contributed by atoms with Crippen LogP contribution in [-0.4, -0.2) is 62.9 Å². The maximum absolute atomic E-state index is 13.0. The molecule has 1 aromatic carbocycles. The lowest BCUT2D eigenvalue weighted by Crippen LogP contribution is -2.47. The summed E-state index contributed by atoms with van der Waals surface area (Å²) in [6.45, 7) is 4.20. The zero-order chi connectivity index (χ0) is 19.4. The van der Waals surface area contributed by atoms with Gasteiger partial charge in [0.25, 0.3) is 0 Å². The van der Waals surface area contributed by atoms with Crippen LogP contribution in [-0.2, 0) is 10.0 Å². The molecule has 0 spiro atoms. The highest BCUT2D eigenvalue weighted by molar-refractivity contribution is 7.89. The lowest BCUT2D eigenvalue weighted by molar-refractivity contribution is 0.222. The molecule has 2 amide bonds. The van der Waals surface area contributed by atoms with E-state index in [1.54, 1.807) is 25.1 Å². The van der Waals surface area contributed by atoms with Gasteiger partial charge in [0.1, 0.15) is 0 Å². The van der Waals surface area contributed by atoms with Crippen LogP contribution in [0.3, 0.4) is 0 Å². The molecule has 3 rings (SSSR count). The molecule has 150 valence electrons. The van der Waals surface area contributed by atoms with Crippen molar-refractivity contribution in [2.45, 2.75) is 50.0 Å². The normalized spacial score (nSPS) is 20.4. The third-order valence-corrected chi connectivity index (χ3v) is 7.51. The number of sulfonamides is 1. The van der Waals surface area contributed by atoms with Gasteiger partial charge in [-0.15, -0.1) is 0 Å². The van der Waals surface area contributed by atoms with Crippen molar-refractivity contribution in [2.24, 2.45) is 0 Å². The minimum Gasteiger partial charge on any atom is -0.335 e. The van der Waals surface area contributed by atoms with Crippen molar-refractivity contribution in [1.82, 2.24) is 14.5 Å². The van der Waals surface area contributed by atoms with E-state index >= 15 is 0 Å². The van der Waals surface area contributed by atoms with Gasteiger partial charge in [-0.2, -0.15) is 4.31 Å². The Morgan fingerprint density at radius 2 is 1.74 bits per heavy atom. The number of aryl methyl sites for hydroxylation is 1. The largest absolute Gasteiger partial charge is 0.335 e. The van der Waals surface area contributed by atoms with Gasteiger partial charge in [-0.05, 0) is 44.5 Å². The molecule has 8 heteroatoms. The molecule has 0 aromatic heterocycles. The number of carbonyl (C=O) groups excluding carboxylic acids is 1. The average Bonchev–Trinajstić information content (AvgIpc) is 2.64. The first-order valence-corrected chi connectivity index (χ1v) is 11.2. The van der Waals surface area contributed by atoms with Crippen molar-refractivity contribution in [3.8, 4) is 0 Å². The Kier molecular flexibility index (Phi) is 6.39. The molecular formula is C19H30N4O3S. The molecule has 1 aliphatic carbocycles. The number of carbonyl (C=O) groups is 1. The second-order valence-electron chi connectivity index (χ2n) is 7.62. The van der Waals surface area contributed by atoms with E-state index in [9.17, 15) is 13.2 Å². The van der Waals surface area contributed by atoms with Gasteiger partial charge in [0.2, 0.25) is 10.0 Å². The lowest BCUT2D eigenvalue weighted by atomic mass is 9.96. The highest BCUT2D eigenvalue weighted by Gasteiger charge is 2.29. The second kappa shape index (κ2) is 8.58. The molecule has 0 unspecified atom stereocenters. The number of anilines is 1.